The molecule has 3 rings (SSSR count). The lowest BCUT2D eigenvalue weighted by Gasteiger charge is -2.38. The molecule has 2 saturated heterocycles. The number of amides is 1. The molecule has 39 heavy (non-hydrogen) atoms. The van der Waals surface area contributed by atoms with Gasteiger partial charge in [0.2, 0.25) is 5.91 Å². The molecule has 0 unspecified atom stereocenters. The molecule has 5 N–H and O–H groups in total. The molecular formula is C24H43N5O10. The van der Waals surface area contributed by atoms with E-state index in [0.29, 0.717) is 97.6 Å². The normalized spacial score (nSPS) is 24.3. The van der Waals surface area contributed by atoms with Crippen LogP contribution in [0.5, 0.6) is 0 Å². The maximum atomic E-state index is 11.5. The van der Waals surface area contributed by atoms with Gasteiger partial charge in [0.25, 0.3) is 0 Å². The number of hydrogen-bond donors (Lipinski definition) is 4. The second-order valence-corrected chi connectivity index (χ2v) is 9.33. The van der Waals surface area contributed by atoms with E-state index in [1.165, 1.54) is 0 Å². The number of hydrogen-bond acceptors (Lipinski definition) is 13. The van der Waals surface area contributed by atoms with Gasteiger partial charge in [-0.05, 0) is 13.0 Å². The van der Waals surface area contributed by atoms with Crippen LogP contribution < -0.4 is 11.1 Å². The van der Waals surface area contributed by atoms with E-state index in [1.54, 1.807) is 10.9 Å². The van der Waals surface area contributed by atoms with Gasteiger partial charge in [-0.25, -0.2) is 4.68 Å². The van der Waals surface area contributed by atoms with E-state index in [1.807, 2.05) is 0 Å². The molecule has 2 aliphatic heterocycles. The molecule has 0 saturated carbocycles. The van der Waals surface area contributed by atoms with Gasteiger partial charge in [0.15, 0.2) is 6.29 Å². The van der Waals surface area contributed by atoms with Crippen LogP contribution in [0.1, 0.15) is 25.0 Å². The fourth-order valence-electron chi connectivity index (χ4n) is 4.04. The number of nitrogens with zero attached hydrogens (tertiary/aromatic N) is 3. The number of nitrogens with two attached hydrogens (primary N) is 1. The van der Waals surface area contributed by atoms with Crippen LogP contribution in [0.2, 0.25) is 0 Å². The second-order valence-electron chi connectivity index (χ2n) is 9.33. The molecule has 0 aromatic carbocycles. The quantitative estimate of drug-likeness (QED) is 0.113. The van der Waals surface area contributed by atoms with Gasteiger partial charge in [0, 0.05) is 19.4 Å². The van der Waals surface area contributed by atoms with Gasteiger partial charge in [-0.3, -0.25) is 4.79 Å². The van der Waals surface area contributed by atoms with Gasteiger partial charge < -0.3 is 54.4 Å². The SMILES string of the molecule is NCCCC(=O)NCCOCc1cn(CCOCCOCCOCCOC[C@]23CO[C@H](C[C@@H](O)[C@H]2O)O3)nn1. The Morgan fingerprint density at radius 2 is 1.79 bits per heavy atom. The third kappa shape index (κ3) is 11.3. The summed E-state index contributed by atoms with van der Waals surface area (Å²) in [5, 5.41) is 31.0. The van der Waals surface area contributed by atoms with Crippen LogP contribution in [0.4, 0.5) is 0 Å². The van der Waals surface area contributed by atoms with Crippen molar-refractivity contribution in [3.8, 4) is 0 Å². The first kappa shape index (κ1) is 31.7. The van der Waals surface area contributed by atoms with Gasteiger partial charge in [-0.1, -0.05) is 5.21 Å². The Balaban J connectivity index is 1.08. The number of carbonyl (C=O) groups is 1. The molecule has 1 aromatic rings. The Morgan fingerprint density at radius 3 is 2.54 bits per heavy atom. The molecule has 0 aliphatic carbocycles. The molecule has 15 heteroatoms. The second kappa shape index (κ2) is 17.8. The van der Waals surface area contributed by atoms with Crippen LogP contribution in [-0.4, -0.2) is 134 Å². The summed E-state index contributed by atoms with van der Waals surface area (Å²) < 4.78 is 40.4. The summed E-state index contributed by atoms with van der Waals surface area (Å²) >= 11 is 0. The first-order valence-electron chi connectivity index (χ1n) is 13.4. The van der Waals surface area contributed by atoms with Crippen molar-refractivity contribution in [1.29, 1.82) is 0 Å². The summed E-state index contributed by atoms with van der Waals surface area (Å²) in [6.07, 6.45) is 0.761. The first-order valence-corrected chi connectivity index (χ1v) is 13.4. The predicted octanol–water partition coefficient (Wildman–Crippen LogP) is -2.05. The lowest BCUT2D eigenvalue weighted by Crippen LogP contribution is -2.57. The Kier molecular flexibility index (Phi) is 14.5. The number of ether oxygens (including phenoxy) is 7. The zero-order chi connectivity index (χ0) is 27.8. The third-order valence-electron chi connectivity index (χ3n) is 6.16. The van der Waals surface area contributed by atoms with E-state index < -0.39 is 24.1 Å². The zero-order valence-electron chi connectivity index (χ0n) is 22.4. The van der Waals surface area contributed by atoms with Gasteiger partial charge in [-0.15, -0.1) is 5.10 Å². The molecule has 0 radical (unpaired) electrons. The minimum Gasteiger partial charge on any atom is -0.390 e. The van der Waals surface area contributed by atoms with Crippen LogP contribution in [-0.2, 0) is 51.1 Å². The molecular weight excluding hydrogens is 518 g/mol. The van der Waals surface area contributed by atoms with Crippen molar-refractivity contribution in [2.75, 3.05) is 79.2 Å². The molecule has 1 aromatic heterocycles. The number of aliphatic hydroxyl groups excluding tert-OH is 2. The van der Waals surface area contributed by atoms with Crippen molar-refractivity contribution in [2.45, 2.75) is 56.5 Å². The smallest absolute Gasteiger partial charge is 0.220 e. The maximum Gasteiger partial charge on any atom is 0.220 e. The van der Waals surface area contributed by atoms with Crippen LogP contribution in [0.3, 0.4) is 0 Å². The average Bonchev–Trinajstić information content (AvgIpc) is 3.54. The first-order chi connectivity index (χ1) is 19.0. The van der Waals surface area contributed by atoms with Crippen LogP contribution in [0.25, 0.3) is 0 Å². The van der Waals surface area contributed by atoms with Gasteiger partial charge >= 0.3 is 0 Å². The number of aromatic nitrogens is 3. The highest BCUT2D eigenvalue weighted by Gasteiger charge is 2.54. The van der Waals surface area contributed by atoms with E-state index >= 15 is 0 Å². The van der Waals surface area contributed by atoms with Gasteiger partial charge in [0.1, 0.15) is 17.4 Å². The predicted molar refractivity (Wildman–Crippen MR) is 134 cm³/mol. The van der Waals surface area contributed by atoms with Crippen molar-refractivity contribution in [2.24, 2.45) is 5.73 Å². The summed E-state index contributed by atoms with van der Waals surface area (Å²) in [5.41, 5.74) is 5.07. The van der Waals surface area contributed by atoms with E-state index in [-0.39, 0.29) is 25.5 Å². The number of carbonyl (C=O) groups excluding carboxylic acids is 1. The molecule has 15 nitrogen and oxygen atoms in total. The number of aliphatic hydroxyl groups is 2. The van der Waals surface area contributed by atoms with Crippen LogP contribution in [0, 0.1) is 0 Å². The Hall–Kier alpha value is -1.79. The Bertz CT molecular complexity index is 818. The van der Waals surface area contributed by atoms with Gasteiger partial charge in [0.05, 0.1) is 91.5 Å². The van der Waals surface area contributed by atoms with Gasteiger partial charge in [-0.2, -0.15) is 0 Å². The summed E-state index contributed by atoms with van der Waals surface area (Å²) in [7, 11) is 0. The summed E-state index contributed by atoms with van der Waals surface area (Å²) in [6.45, 7) is 5.45. The summed E-state index contributed by atoms with van der Waals surface area (Å²) in [6, 6.07) is 0. The number of rotatable bonds is 22. The van der Waals surface area contributed by atoms with Crippen molar-refractivity contribution < 1.29 is 48.2 Å². The highest BCUT2D eigenvalue weighted by atomic mass is 16.7. The Labute approximate surface area is 228 Å². The van der Waals surface area contributed by atoms with Crippen molar-refractivity contribution in [1.82, 2.24) is 20.3 Å². The minimum absolute atomic E-state index is 0.0240. The number of nitrogens with one attached hydrogen (secondary N) is 1. The van der Waals surface area contributed by atoms with Crippen molar-refractivity contribution >= 4 is 5.91 Å². The monoisotopic (exact) mass is 561 g/mol. The summed E-state index contributed by atoms with van der Waals surface area (Å²) in [4.78, 5) is 11.5. The van der Waals surface area contributed by atoms with E-state index in [2.05, 4.69) is 15.6 Å². The summed E-state index contributed by atoms with van der Waals surface area (Å²) in [5.74, 6) is -0.0240. The lowest BCUT2D eigenvalue weighted by molar-refractivity contribution is -0.225. The van der Waals surface area contributed by atoms with Crippen LogP contribution >= 0.6 is 0 Å². The maximum absolute atomic E-state index is 11.5. The minimum atomic E-state index is -1.04. The molecule has 3 heterocycles. The van der Waals surface area contributed by atoms with E-state index in [4.69, 9.17) is 38.9 Å². The lowest BCUT2D eigenvalue weighted by atomic mass is 9.91. The largest absolute Gasteiger partial charge is 0.390 e. The molecule has 2 aliphatic rings. The molecule has 224 valence electrons. The van der Waals surface area contributed by atoms with Crippen molar-refractivity contribution in [3.63, 3.8) is 0 Å². The molecule has 1 amide bonds. The van der Waals surface area contributed by atoms with Crippen LogP contribution in [0.15, 0.2) is 6.20 Å². The van der Waals surface area contributed by atoms with E-state index in [9.17, 15) is 15.0 Å². The third-order valence-corrected chi connectivity index (χ3v) is 6.16. The molecule has 0 spiro atoms. The Morgan fingerprint density at radius 1 is 1.08 bits per heavy atom. The molecule has 4 atom stereocenters. The van der Waals surface area contributed by atoms with E-state index in [0.717, 1.165) is 0 Å². The molecule has 2 bridgehead atoms. The fraction of sp³-hybridized carbons (Fsp3) is 0.875. The highest BCUT2D eigenvalue weighted by Crippen LogP contribution is 2.36. The number of fused-ring (bicyclic) bond motifs is 2. The molecule has 2 fully saturated rings. The average molecular weight is 562 g/mol. The zero-order valence-corrected chi connectivity index (χ0v) is 22.4. The fourth-order valence-corrected chi connectivity index (χ4v) is 4.04. The van der Waals surface area contributed by atoms with Crippen molar-refractivity contribution in [3.05, 3.63) is 11.9 Å². The standard InChI is InChI=1S/C24H43N5O10/c25-3-1-2-21(31)26-4-6-36-16-19-15-29(28-27-19)5-7-33-8-9-34-10-11-35-12-13-37-17-24-18-38-22(39-24)14-20(30)23(24)32/h15,20,22-23,30,32H,1-14,16-18,25H2,(H,26,31)/t20-,22+,23-,24+/m1/s1. The highest BCUT2D eigenvalue weighted by molar-refractivity contribution is 5.75. The topological polar surface area (TPSA) is 191 Å².